The van der Waals surface area contributed by atoms with Crippen molar-refractivity contribution in [1.82, 2.24) is 9.80 Å². The van der Waals surface area contributed by atoms with Crippen LogP contribution in [0.2, 0.25) is 0 Å². The fourth-order valence-electron chi connectivity index (χ4n) is 3.77. The number of hydrogen-bond donors (Lipinski definition) is 0. The summed E-state index contributed by atoms with van der Waals surface area (Å²) in [6.45, 7) is 23.3. The van der Waals surface area contributed by atoms with Gasteiger partial charge in [-0.1, -0.05) is 59.8 Å². The van der Waals surface area contributed by atoms with Gasteiger partial charge < -0.3 is 24.0 Å². The molecule has 2 heterocycles. The Labute approximate surface area is 213 Å². The van der Waals surface area contributed by atoms with E-state index in [1.807, 2.05) is 27.7 Å². The normalized spacial score (nSPS) is 17.1. The standard InChI is InChI=1S/C14H25NO2.C11H19NO.2C2H6/c1-3-10-16-12-13-17-11-9-15-7-5-14(4-2)6-8-15;1-3-9-13-10-8-12-6-4-11(2)5-7-12;2*1-2/h1,14H,4-13H2,2H3;1,11H,4-10H2,2H3;2*1-2H3. The van der Waals surface area contributed by atoms with E-state index in [1.54, 1.807) is 0 Å². The fourth-order valence-corrected chi connectivity index (χ4v) is 3.77. The first-order valence-corrected chi connectivity index (χ1v) is 13.7. The molecule has 0 N–H and O–H groups in total. The van der Waals surface area contributed by atoms with E-state index in [0.29, 0.717) is 26.4 Å². The van der Waals surface area contributed by atoms with E-state index in [1.165, 1.54) is 58.3 Å². The van der Waals surface area contributed by atoms with Gasteiger partial charge in [-0.15, -0.1) is 12.8 Å². The van der Waals surface area contributed by atoms with Gasteiger partial charge >= 0.3 is 0 Å². The monoisotopic (exact) mass is 480 g/mol. The highest BCUT2D eigenvalue weighted by atomic mass is 16.5. The van der Waals surface area contributed by atoms with Gasteiger partial charge in [-0.2, -0.15) is 0 Å². The van der Waals surface area contributed by atoms with Crippen LogP contribution in [0.5, 0.6) is 0 Å². The van der Waals surface area contributed by atoms with Gasteiger partial charge in [-0.25, -0.2) is 0 Å². The molecule has 5 nitrogen and oxygen atoms in total. The van der Waals surface area contributed by atoms with Gasteiger partial charge in [0, 0.05) is 13.1 Å². The third kappa shape index (κ3) is 21.5. The summed E-state index contributed by atoms with van der Waals surface area (Å²) >= 11 is 0. The summed E-state index contributed by atoms with van der Waals surface area (Å²) in [5.74, 6) is 6.76. The number of piperidine rings is 2. The van der Waals surface area contributed by atoms with Crippen LogP contribution in [0.1, 0.15) is 73.6 Å². The molecular weight excluding hydrogens is 424 g/mol. The van der Waals surface area contributed by atoms with E-state index in [0.717, 1.165) is 38.1 Å². The lowest BCUT2D eigenvalue weighted by Crippen LogP contribution is -2.36. The molecule has 0 saturated carbocycles. The van der Waals surface area contributed by atoms with Crippen LogP contribution < -0.4 is 0 Å². The molecule has 0 aromatic heterocycles. The minimum Gasteiger partial charge on any atom is -0.378 e. The summed E-state index contributed by atoms with van der Waals surface area (Å²) in [4.78, 5) is 4.95. The highest BCUT2D eigenvalue weighted by Crippen LogP contribution is 2.19. The average molecular weight is 481 g/mol. The van der Waals surface area contributed by atoms with E-state index in [4.69, 9.17) is 27.1 Å². The van der Waals surface area contributed by atoms with E-state index in [2.05, 4.69) is 35.5 Å². The molecule has 2 rings (SSSR count). The second-order valence-corrected chi connectivity index (χ2v) is 8.34. The first-order valence-electron chi connectivity index (χ1n) is 13.7. The first kappa shape index (κ1) is 35.1. The number of ether oxygens (including phenoxy) is 3. The Bertz CT molecular complexity index is 471. The highest BCUT2D eigenvalue weighted by molar-refractivity contribution is 4.83. The van der Waals surface area contributed by atoms with Crippen molar-refractivity contribution in [3.63, 3.8) is 0 Å². The molecule has 2 saturated heterocycles. The average Bonchev–Trinajstić information content (AvgIpc) is 2.90. The van der Waals surface area contributed by atoms with Crippen molar-refractivity contribution in [1.29, 1.82) is 0 Å². The third-order valence-electron chi connectivity index (χ3n) is 6.01. The van der Waals surface area contributed by atoms with Crippen molar-refractivity contribution in [3.8, 4) is 24.7 Å². The molecule has 5 heteroatoms. The van der Waals surface area contributed by atoms with Crippen molar-refractivity contribution in [2.24, 2.45) is 11.8 Å². The second-order valence-electron chi connectivity index (χ2n) is 8.34. The van der Waals surface area contributed by atoms with Crippen LogP contribution in [0.4, 0.5) is 0 Å². The molecule has 0 unspecified atom stereocenters. The molecule has 0 aromatic rings. The smallest absolute Gasteiger partial charge is 0.107 e. The van der Waals surface area contributed by atoms with E-state index in [9.17, 15) is 0 Å². The van der Waals surface area contributed by atoms with Crippen LogP contribution in [0.3, 0.4) is 0 Å². The maximum absolute atomic E-state index is 5.50. The maximum atomic E-state index is 5.50. The molecule has 2 aliphatic rings. The van der Waals surface area contributed by atoms with Crippen molar-refractivity contribution in [2.45, 2.75) is 73.6 Å². The molecule has 0 radical (unpaired) electrons. The molecule has 0 atom stereocenters. The van der Waals surface area contributed by atoms with Crippen molar-refractivity contribution >= 4 is 0 Å². The lowest BCUT2D eigenvalue weighted by Gasteiger charge is -2.31. The lowest BCUT2D eigenvalue weighted by molar-refractivity contribution is 0.0436. The van der Waals surface area contributed by atoms with Crippen molar-refractivity contribution < 1.29 is 14.2 Å². The molecule has 2 fully saturated rings. The van der Waals surface area contributed by atoms with Crippen LogP contribution >= 0.6 is 0 Å². The predicted molar refractivity (Wildman–Crippen MR) is 147 cm³/mol. The Balaban J connectivity index is 0. The topological polar surface area (TPSA) is 34.2 Å². The van der Waals surface area contributed by atoms with Crippen molar-refractivity contribution in [3.05, 3.63) is 0 Å². The molecule has 200 valence electrons. The van der Waals surface area contributed by atoms with Gasteiger partial charge in [0.25, 0.3) is 0 Å². The lowest BCUT2D eigenvalue weighted by atomic mass is 9.94. The number of terminal acetylenes is 2. The maximum Gasteiger partial charge on any atom is 0.107 e. The second kappa shape index (κ2) is 28.2. The molecule has 0 amide bonds. The Morgan fingerprint density at radius 3 is 1.56 bits per heavy atom. The largest absolute Gasteiger partial charge is 0.378 e. The summed E-state index contributed by atoms with van der Waals surface area (Å²) in [5.41, 5.74) is 0. The molecule has 34 heavy (non-hydrogen) atoms. The first-order chi connectivity index (χ1) is 16.7. The number of rotatable bonds is 12. The Kier molecular flexibility index (Phi) is 29.1. The Morgan fingerprint density at radius 2 is 1.09 bits per heavy atom. The van der Waals surface area contributed by atoms with Crippen LogP contribution in [0.25, 0.3) is 0 Å². The SMILES string of the molecule is C#CCOCCN1CCC(C)CC1.C#CCOCCOCCN1CCC(CC)CC1.CC.CC. The summed E-state index contributed by atoms with van der Waals surface area (Å²) in [7, 11) is 0. The predicted octanol–water partition coefficient (Wildman–Crippen LogP) is 5.20. The molecule has 0 aromatic carbocycles. The van der Waals surface area contributed by atoms with Crippen molar-refractivity contribution in [2.75, 3.05) is 78.9 Å². The van der Waals surface area contributed by atoms with E-state index in [-0.39, 0.29) is 0 Å². The Hall–Kier alpha value is -1.08. The summed E-state index contributed by atoms with van der Waals surface area (Å²) in [5, 5.41) is 0. The van der Waals surface area contributed by atoms with Gasteiger partial charge in [0.2, 0.25) is 0 Å². The zero-order valence-electron chi connectivity index (χ0n) is 23.4. The fraction of sp³-hybridized carbons (Fsp3) is 0.862. The summed E-state index contributed by atoms with van der Waals surface area (Å²) in [6.07, 6.45) is 16.8. The van der Waals surface area contributed by atoms with Crippen LogP contribution in [0.15, 0.2) is 0 Å². The summed E-state index contributed by atoms with van der Waals surface area (Å²) in [6, 6.07) is 0. The van der Waals surface area contributed by atoms with Gasteiger partial charge in [0.15, 0.2) is 0 Å². The molecule has 0 aliphatic carbocycles. The quantitative estimate of drug-likeness (QED) is 0.283. The highest BCUT2D eigenvalue weighted by Gasteiger charge is 2.17. The molecule has 0 spiro atoms. The minimum atomic E-state index is 0.383. The van der Waals surface area contributed by atoms with Crippen LogP contribution in [-0.2, 0) is 14.2 Å². The molecule has 0 bridgehead atoms. The van der Waals surface area contributed by atoms with Crippen LogP contribution in [0, 0.1) is 36.5 Å². The van der Waals surface area contributed by atoms with Crippen LogP contribution in [-0.4, -0.2) is 88.7 Å². The van der Waals surface area contributed by atoms with Gasteiger partial charge in [0.05, 0.1) is 26.4 Å². The third-order valence-corrected chi connectivity index (χ3v) is 6.01. The molecular formula is C29H56N2O3. The molecule has 2 aliphatic heterocycles. The zero-order valence-corrected chi connectivity index (χ0v) is 23.4. The minimum absolute atomic E-state index is 0.383. The summed E-state index contributed by atoms with van der Waals surface area (Å²) < 4.78 is 15.9. The van der Waals surface area contributed by atoms with Gasteiger partial charge in [-0.05, 0) is 63.7 Å². The Morgan fingerprint density at radius 1 is 0.676 bits per heavy atom. The number of hydrogen-bond acceptors (Lipinski definition) is 5. The van der Waals surface area contributed by atoms with E-state index >= 15 is 0 Å². The zero-order chi connectivity index (χ0) is 25.9. The van der Waals surface area contributed by atoms with E-state index < -0.39 is 0 Å². The number of nitrogens with zero attached hydrogens (tertiary/aromatic N) is 2. The van der Waals surface area contributed by atoms with Gasteiger partial charge in [-0.3, -0.25) is 0 Å². The number of likely N-dealkylation sites (tertiary alicyclic amines) is 2. The van der Waals surface area contributed by atoms with Gasteiger partial charge in [0.1, 0.15) is 13.2 Å².